The van der Waals surface area contributed by atoms with Crippen LogP contribution in [0.5, 0.6) is 0 Å². The molecule has 0 aliphatic carbocycles. The summed E-state index contributed by atoms with van der Waals surface area (Å²) in [4.78, 5) is 16.0. The van der Waals surface area contributed by atoms with Crippen LogP contribution in [-0.4, -0.2) is 44.5 Å². The maximum Gasteiger partial charge on any atom is 0.226 e. The number of thioether (sulfide) groups is 1. The van der Waals surface area contributed by atoms with E-state index >= 15 is 0 Å². The molecule has 3 N–H and O–H groups in total. The average Bonchev–Trinajstić information content (AvgIpc) is 2.94. The molecule has 2 aromatic heterocycles. The molecule has 0 aromatic carbocycles. The number of aromatic nitrogens is 4. The second-order valence-electron chi connectivity index (χ2n) is 4.62. The number of hydrogen-bond donors (Lipinski definition) is 3. The fourth-order valence-corrected chi connectivity index (χ4v) is 3.49. The van der Waals surface area contributed by atoms with Crippen molar-refractivity contribution in [2.45, 2.75) is 24.5 Å². The highest BCUT2D eigenvalue weighted by Gasteiger charge is 2.15. The number of aromatic amines is 1. The van der Waals surface area contributed by atoms with Crippen molar-refractivity contribution in [3.05, 3.63) is 6.33 Å². The van der Waals surface area contributed by atoms with E-state index in [1.165, 1.54) is 25.0 Å². The molecule has 1 aliphatic rings. The van der Waals surface area contributed by atoms with Crippen LogP contribution in [0.2, 0.25) is 0 Å². The van der Waals surface area contributed by atoms with Gasteiger partial charge in [-0.15, -0.1) is 0 Å². The Morgan fingerprint density at radius 1 is 1.42 bits per heavy atom. The fraction of sp³-hybridized carbons (Fsp3) is 0.583. The van der Waals surface area contributed by atoms with E-state index in [0.29, 0.717) is 16.8 Å². The summed E-state index contributed by atoms with van der Waals surface area (Å²) in [6.45, 7) is 0.943. The van der Waals surface area contributed by atoms with Crippen LogP contribution in [0.15, 0.2) is 6.33 Å². The molecular weight excluding hydrogens is 260 g/mol. The third-order valence-corrected chi connectivity index (χ3v) is 4.68. The number of nitrogens with zero attached hydrogens (tertiary/aromatic N) is 3. The predicted molar refractivity (Wildman–Crippen MR) is 79.8 cm³/mol. The molecular formula is C12H18N6S. The number of fused-ring (bicyclic) bond motifs is 1. The lowest BCUT2D eigenvalue weighted by molar-refractivity contribution is 0.677. The standard InChI is InChI=1S/C12H18N6S/c1-13-12-17-10(9-11(18-12)16-7-15-9)14-6-8-4-2-3-5-19-8/h7-8H,2-6H2,1H3,(H3,13,14,15,16,17,18). The van der Waals surface area contributed by atoms with Gasteiger partial charge >= 0.3 is 0 Å². The number of nitrogens with one attached hydrogen (secondary N) is 3. The zero-order chi connectivity index (χ0) is 13.1. The first-order chi connectivity index (χ1) is 9.36. The van der Waals surface area contributed by atoms with Crippen LogP contribution in [-0.2, 0) is 0 Å². The highest BCUT2D eigenvalue weighted by Crippen LogP contribution is 2.26. The topological polar surface area (TPSA) is 78.5 Å². The van der Waals surface area contributed by atoms with Crippen LogP contribution in [0.4, 0.5) is 11.8 Å². The first kappa shape index (κ1) is 12.5. The van der Waals surface area contributed by atoms with E-state index in [1.807, 2.05) is 7.05 Å². The highest BCUT2D eigenvalue weighted by atomic mass is 32.2. The van der Waals surface area contributed by atoms with E-state index in [-0.39, 0.29) is 0 Å². The summed E-state index contributed by atoms with van der Waals surface area (Å²) in [5.41, 5.74) is 1.57. The lowest BCUT2D eigenvalue weighted by atomic mass is 10.2. The van der Waals surface area contributed by atoms with Crippen LogP contribution in [0, 0.1) is 0 Å². The zero-order valence-electron chi connectivity index (χ0n) is 10.9. The number of imidazole rings is 1. The maximum atomic E-state index is 4.46. The van der Waals surface area contributed by atoms with Crippen molar-refractivity contribution >= 4 is 34.7 Å². The Bertz CT molecular complexity index is 548. The monoisotopic (exact) mass is 278 g/mol. The largest absolute Gasteiger partial charge is 0.367 e. The summed E-state index contributed by atoms with van der Waals surface area (Å²) < 4.78 is 0. The molecule has 0 saturated carbocycles. The van der Waals surface area contributed by atoms with Gasteiger partial charge in [0.25, 0.3) is 0 Å². The van der Waals surface area contributed by atoms with Crippen LogP contribution < -0.4 is 10.6 Å². The SMILES string of the molecule is CNc1nc(NCC2CCCCS2)c2[nH]cnc2n1. The van der Waals surface area contributed by atoms with Crippen molar-refractivity contribution in [1.82, 2.24) is 19.9 Å². The summed E-state index contributed by atoms with van der Waals surface area (Å²) >= 11 is 2.05. The molecule has 102 valence electrons. The molecule has 7 heteroatoms. The summed E-state index contributed by atoms with van der Waals surface area (Å²) in [5.74, 6) is 2.70. The molecule has 1 aliphatic heterocycles. The van der Waals surface area contributed by atoms with Crippen LogP contribution >= 0.6 is 11.8 Å². The second-order valence-corrected chi connectivity index (χ2v) is 6.02. The molecule has 6 nitrogen and oxygen atoms in total. The Balaban J connectivity index is 1.77. The van der Waals surface area contributed by atoms with Crippen molar-refractivity contribution < 1.29 is 0 Å². The lowest BCUT2D eigenvalue weighted by Gasteiger charge is -2.21. The van der Waals surface area contributed by atoms with Gasteiger partial charge in [0, 0.05) is 18.8 Å². The smallest absolute Gasteiger partial charge is 0.226 e. The van der Waals surface area contributed by atoms with Gasteiger partial charge in [0.1, 0.15) is 5.52 Å². The molecule has 1 unspecified atom stereocenters. The fourth-order valence-electron chi connectivity index (χ4n) is 2.25. The minimum atomic E-state index is 0.596. The Morgan fingerprint density at radius 2 is 2.37 bits per heavy atom. The summed E-state index contributed by atoms with van der Waals surface area (Å²) in [6.07, 6.45) is 5.63. The van der Waals surface area contributed by atoms with Gasteiger partial charge in [0.2, 0.25) is 5.95 Å². The molecule has 1 atom stereocenters. The second kappa shape index (κ2) is 5.64. The van der Waals surface area contributed by atoms with Crippen LogP contribution in [0.3, 0.4) is 0 Å². The highest BCUT2D eigenvalue weighted by molar-refractivity contribution is 7.99. The third kappa shape index (κ3) is 2.75. The quantitative estimate of drug-likeness (QED) is 0.795. The lowest BCUT2D eigenvalue weighted by Crippen LogP contribution is -2.20. The van der Waals surface area contributed by atoms with E-state index in [0.717, 1.165) is 17.9 Å². The van der Waals surface area contributed by atoms with Crippen molar-refractivity contribution in [3.63, 3.8) is 0 Å². The Hall–Kier alpha value is -1.50. The molecule has 1 saturated heterocycles. The molecule has 0 radical (unpaired) electrons. The molecule has 2 aromatic rings. The maximum absolute atomic E-state index is 4.46. The normalized spacial score (nSPS) is 19.5. The molecule has 19 heavy (non-hydrogen) atoms. The van der Waals surface area contributed by atoms with E-state index in [1.54, 1.807) is 6.33 Å². The van der Waals surface area contributed by atoms with Gasteiger partial charge in [-0.3, -0.25) is 0 Å². The summed E-state index contributed by atoms with van der Waals surface area (Å²) in [7, 11) is 1.81. The van der Waals surface area contributed by atoms with Gasteiger partial charge in [0.15, 0.2) is 11.5 Å². The average molecular weight is 278 g/mol. The van der Waals surface area contributed by atoms with Crippen molar-refractivity contribution in [1.29, 1.82) is 0 Å². The van der Waals surface area contributed by atoms with Crippen molar-refractivity contribution in [2.75, 3.05) is 30.0 Å². The van der Waals surface area contributed by atoms with Crippen LogP contribution in [0.25, 0.3) is 11.2 Å². The summed E-state index contributed by atoms with van der Waals surface area (Å²) in [5, 5.41) is 7.08. The van der Waals surface area contributed by atoms with Crippen molar-refractivity contribution in [2.24, 2.45) is 0 Å². The zero-order valence-corrected chi connectivity index (χ0v) is 11.8. The van der Waals surface area contributed by atoms with Gasteiger partial charge in [-0.05, 0) is 18.6 Å². The number of hydrogen-bond acceptors (Lipinski definition) is 6. The van der Waals surface area contributed by atoms with Gasteiger partial charge in [-0.25, -0.2) is 4.98 Å². The summed E-state index contributed by atoms with van der Waals surface area (Å²) in [6, 6.07) is 0. The van der Waals surface area contributed by atoms with Gasteiger partial charge in [-0.1, -0.05) is 6.42 Å². The van der Waals surface area contributed by atoms with E-state index in [2.05, 4.69) is 42.3 Å². The van der Waals surface area contributed by atoms with E-state index in [4.69, 9.17) is 0 Å². The first-order valence-corrected chi connectivity index (χ1v) is 7.66. The predicted octanol–water partition coefficient (Wildman–Crippen LogP) is 2.09. The molecule has 1 fully saturated rings. The number of rotatable bonds is 4. The Morgan fingerprint density at radius 3 is 3.16 bits per heavy atom. The minimum absolute atomic E-state index is 0.596. The molecule has 0 spiro atoms. The van der Waals surface area contributed by atoms with Crippen LogP contribution in [0.1, 0.15) is 19.3 Å². The number of H-pyrrole nitrogens is 1. The third-order valence-electron chi connectivity index (χ3n) is 3.28. The first-order valence-electron chi connectivity index (χ1n) is 6.61. The molecule has 3 heterocycles. The molecule has 3 rings (SSSR count). The van der Waals surface area contributed by atoms with Gasteiger partial charge in [-0.2, -0.15) is 21.7 Å². The van der Waals surface area contributed by atoms with Gasteiger partial charge < -0.3 is 15.6 Å². The Kier molecular flexibility index (Phi) is 3.72. The van der Waals surface area contributed by atoms with Crippen molar-refractivity contribution in [3.8, 4) is 0 Å². The van der Waals surface area contributed by atoms with E-state index < -0.39 is 0 Å². The number of anilines is 2. The molecule has 0 bridgehead atoms. The van der Waals surface area contributed by atoms with E-state index in [9.17, 15) is 0 Å². The molecule has 0 amide bonds. The Labute approximate surface area is 116 Å². The minimum Gasteiger partial charge on any atom is -0.367 e. The van der Waals surface area contributed by atoms with Gasteiger partial charge in [0.05, 0.1) is 6.33 Å².